The maximum absolute atomic E-state index is 3.98. The first-order valence-electron chi connectivity index (χ1n) is 7.88. The van der Waals surface area contributed by atoms with Crippen molar-refractivity contribution in [1.29, 1.82) is 0 Å². The third-order valence-corrected chi connectivity index (χ3v) is 4.29. The maximum atomic E-state index is 3.98. The minimum absolute atomic E-state index is 0.640. The van der Waals surface area contributed by atoms with Crippen LogP contribution in [0, 0.1) is 0 Å². The van der Waals surface area contributed by atoms with Crippen LogP contribution in [0.2, 0.25) is 0 Å². The lowest BCUT2D eigenvalue weighted by atomic mass is 10.0. The number of H-pyrrole nitrogens is 1. The molecule has 0 bridgehead atoms. The molecule has 1 aromatic carbocycles. The summed E-state index contributed by atoms with van der Waals surface area (Å²) in [6.07, 6.45) is 5.45. The van der Waals surface area contributed by atoms with Gasteiger partial charge in [-0.25, -0.2) is 0 Å². The highest BCUT2D eigenvalue weighted by molar-refractivity contribution is 5.14. The van der Waals surface area contributed by atoms with Gasteiger partial charge in [-0.3, -0.25) is 5.10 Å². The van der Waals surface area contributed by atoms with Crippen molar-refractivity contribution in [2.45, 2.75) is 31.8 Å². The molecule has 0 unspecified atom stereocenters. The second kappa shape index (κ2) is 7.38. The Morgan fingerprint density at radius 1 is 1.14 bits per heavy atom. The molecule has 0 saturated carbocycles. The van der Waals surface area contributed by atoms with Gasteiger partial charge >= 0.3 is 0 Å². The molecule has 2 N–H and O–H groups in total. The van der Waals surface area contributed by atoms with Crippen LogP contribution in [-0.2, 0) is 13.0 Å². The molecule has 1 aliphatic rings. The summed E-state index contributed by atoms with van der Waals surface area (Å²) in [6.45, 7) is 4.48. The average molecular weight is 284 g/mol. The van der Waals surface area contributed by atoms with Crippen molar-refractivity contribution in [1.82, 2.24) is 20.4 Å². The zero-order valence-electron chi connectivity index (χ0n) is 12.5. The Bertz CT molecular complexity index is 501. The zero-order chi connectivity index (χ0) is 14.3. The van der Waals surface area contributed by atoms with Gasteiger partial charge in [0.05, 0.1) is 0 Å². The number of aromatic nitrogens is 2. The summed E-state index contributed by atoms with van der Waals surface area (Å²) in [5, 5.41) is 10.6. The van der Waals surface area contributed by atoms with Gasteiger partial charge in [-0.1, -0.05) is 30.3 Å². The van der Waals surface area contributed by atoms with Gasteiger partial charge in [0.15, 0.2) is 0 Å². The van der Waals surface area contributed by atoms with Crippen LogP contribution < -0.4 is 5.32 Å². The molecule has 4 nitrogen and oxygen atoms in total. The first-order valence-corrected chi connectivity index (χ1v) is 7.88. The summed E-state index contributed by atoms with van der Waals surface area (Å²) >= 11 is 0. The molecule has 0 radical (unpaired) electrons. The SMILES string of the molecule is c1ccc(CCN2CCC(NCc3ccn[nH]3)CC2)cc1. The summed E-state index contributed by atoms with van der Waals surface area (Å²) in [7, 11) is 0. The van der Waals surface area contributed by atoms with Gasteiger partial charge < -0.3 is 10.2 Å². The fourth-order valence-corrected chi connectivity index (χ4v) is 2.93. The lowest BCUT2D eigenvalue weighted by Crippen LogP contribution is -2.42. The highest BCUT2D eigenvalue weighted by Gasteiger charge is 2.18. The Morgan fingerprint density at radius 2 is 1.95 bits per heavy atom. The molecule has 2 heterocycles. The van der Waals surface area contributed by atoms with Crippen molar-refractivity contribution in [3.8, 4) is 0 Å². The molecule has 0 spiro atoms. The molecular weight excluding hydrogens is 260 g/mol. The monoisotopic (exact) mass is 284 g/mol. The third-order valence-electron chi connectivity index (χ3n) is 4.29. The molecule has 0 amide bonds. The number of rotatable bonds is 6. The van der Waals surface area contributed by atoms with Gasteiger partial charge in [0.1, 0.15) is 0 Å². The number of hydrogen-bond acceptors (Lipinski definition) is 3. The topological polar surface area (TPSA) is 44.0 Å². The number of benzene rings is 1. The predicted octanol–water partition coefficient (Wildman–Crippen LogP) is 2.21. The molecule has 21 heavy (non-hydrogen) atoms. The molecule has 0 aliphatic carbocycles. The largest absolute Gasteiger partial charge is 0.308 e. The van der Waals surface area contributed by atoms with Crippen molar-refractivity contribution >= 4 is 0 Å². The van der Waals surface area contributed by atoms with Crippen molar-refractivity contribution in [3.63, 3.8) is 0 Å². The number of aromatic amines is 1. The standard InChI is InChI=1S/C17H24N4/c1-2-4-15(5-3-1)7-11-21-12-8-16(9-13-21)18-14-17-6-10-19-20-17/h1-6,10,16,18H,7-9,11-14H2,(H,19,20). The van der Waals surface area contributed by atoms with Crippen LogP contribution >= 0.6 is 0 Å². The van der Waals surface area contributed by atoms with Gasteiger partial charge in [0, 0.05) is 31.0 Å². The predicted molar refractivity (Wildman–Crippen MR) is 85.0 cm³/mol. The molecule has 0 atom stereocenters. The van der Waals surface area contributed by atoms with Gasteiger partial charge in [-0.15, -0.1) is 0 Å². The highest BCUT2D eigenvalue weighted by Crippen LogP contribution is 2.12. The van der Waals surface area contributed by atoms with Crippen LogP contribution in [0.4, 0.5) is 0 Å². The fraction of sp³-hybridized carbons (Fsp3) is 0.471. The Kier molecular flexibility index (Phi) is 5.03. The number of hydrogen-bond donors (Lipinski definition) is 2. The summed E-state index contributed by atoms with van der Waals surface area (Å²) in [6, 6.07) is 13.4. The van der Waals surface area contributed by atoms with E-state index in [-0.39, 0.29) is 0 Å². The Morgan fingerprint density at radius 3 is 2.67 bits per heavy atom. The number of piperidine rings is 1. The van der Waals surface area contributed by atoms with Crippen LogP contribution in [0.15, 0.2) is 42.6 Å². The molecule has 1 aliphatic heterocycles. The second-order valence-corrected chi connectivity index (χ2v) is 5.81. The van der Waals surface area contributed by atoms with E-state index >= 15 is 0 Å². The second-order valence-electron chi connectivity index (χ2n) is 5.81. The maximum Gasteiger partial charge on any atom is 0.0490 e. The number of nitrogens with zero attached hydrogens (tertiary/aromatic N) is 2. The number of likely N-dealkylation sites (tertiary alicyclic amines) is 1. The van der Waals surface area contributed by atoms with E-state index < -0.39 is 0 Å². The van der Waals surface area contributed by atoms with Crippen LogP contribution in [0.25, 0.3) is 0 Å². The quantitative estimate of drug-likeness (QED) is 0.855. The lowest BCUT2D eigenvalue weighted by molar-refractivity contribution is 0.199. The summed E-state index contributed by atoms with van der Waals surface area (Å²) in [5.74, 6) is 0. The molecule has 1 aromatic heterocycles. The van der Waals surface area contributed by atoms with Crippen LogP contribution in [0.1, 0.15) is 24.1 Å². The average Bonchev–Trinajstić information content (AvgIpc) is 3.06. The van der Waals surface area contributed by atoms with Gasteiger partial charge in [-0.2, -0.15) is 5.10 Å². The Balaban J connectivity index is 1.35. The molecule has 1 fully saturated rings. The summed E-state index contributed by atoms with van der Waals surface area (Å²) < 4.78 is 0. The first-order chi connectivity index (χ1) is 10.4. The normalized spacial score (nSPS) is 17.1. The molecule has 2 aromatic rings. The summed E-state index contributed by atoms with van der Waals surface area (Å²) in [4.78, 5) is 2.58. The Hall–Kier alpha value is -1.65. The lowest BCUT2D eigenvalue weighted by Gasteiger charge is -2.32. The number of nitrogens with one attached hydrogen (secondary N) is 2. The molecule has 112 valence electrons. The van der Waals surface area contributed by atoms with Crippen LogP contribution in [0.5, 0.6) is 0 Å². The van der Waals surface area contributed by atoms with Crippen molar-refractivity contribution in [2.24, 2.45) is 0 Å². The first kappa shape index (κ1) is 14.3. The van der Waals surface area contributed by atoms with E-state index in [2.05, 4.69) is 50.7 Å². The Labute approximate surface area is 126 Å². The van der Waals surface area contributed by atoms with E-state index in [1.807, 2.05) is 12.3 Å². The smallest absolute Gasteiger partial charge is 0.0490 e. The van der Waals surface area contributed by atoms with Crippen LogP contribution in [0.3, 0.4) is 0 Å². The highest BCUT2D eigenvalue weighted by atomic mass is 15.1. The molecular formula is C17H24N4. The fourth-order valence-electron chi connectivity index (χ4n) is 2.93. The molecule has 3 rings (SSSR count). The minimum atomic E-state index is 0.640. The van der Waals surface area contributed by atoms with E-state index in [1.165, 1.54) is 43.7 Å². The van der Waals surface area contributed by atoms with Crippen molar-refractivity contribution < 1.29 is 0 Å². The molecule has 4 heteroatoms. The van der Waals surface area contributed by atoms with Crippen molar-refractivity contribution in [3.05, 3.63) is 53.9 Å². The molecule has 1 saturated heterocycles. The van der Waals surface area contributed by atoms with Gasteiger partial charge in [0.25, 0.3) is 0 Å². The van der Waals surface area contributed by atoms with E-state index in [0.29, 0.717) is 6.04 Å². The van der Waals surface area contributed by atoms with Gasteiger partial charge in [-0.05, 0) is 44.0 Å². The van der Waals surface area contributed by atoms with E-state index in [9.17, 15) is 0 Å². The minimum Gasteiger partial charge on any atom is -0.308 e. The van der Waals surface area contributed by atoms with Crippen LogP contribution in [-0.4, -0.2) is 40.8 Å². The third kappa shape index (κ3) is 4.41. The van der Waals surface area contributed by atoms with E-state index in [1.54, 1.807) is 0 Å². The van der Waals surface area contributed by atoms with E-state index in [0.717, 1.165) is 13.0 Å². The van der Waals surface area contributed by atoms with Gasteiger partial charge in [0.2, 0.25) is 0 Å². The summed E-state index contributed by atoms with van der Waals surface area (Å²) in [5.41, 5.74) is 2.61. The zero-order valence-corrected chi connectivity index (χ0v) is 12.5. The van der Waals surface area contributed by atoms with Crippen molar-refractivity contribution in [2.75, 3.05) is 19.6 Å². The van der Waals surface area contributed by atoms with E-state index in [4.69, 9.17) is 0 Å².